The summed E-state index contributed by atoms with van der Waals surface area (Å²) in [5.74, 6) is 0.704. The molecular formula is C11H11ClO4. The fourth-order valence-corrected chi connectivity index (χ4v) is 1.22. The minimum absolute atomic E-state index is 0.0718. The van der Waals surface area contributed by atoms with E-state index < -0.39 is 5.24 Å². The predicted octanol–water partition coefficient (Wildman–Crippen LogP) is 2.19. The molecule has 0 atom stereocenters. The third kappa shape index (κ3) is 2.90. The van der Waals surface area contributed by atoms with E-state index in [-0.39, 0.29) is 11.5 Å². The molecular weight excluding hydrogens is 232 g/mol. The molecule has 16 heavy (non-hydrogen) atoms. The van der Waals surface area contributed by atoms with E-state index in [1.807, 2.05) is 0 Å². The maximum absolute atomic E-state index is 10.6. The molecule has 0 unspecified atom stereocenters. The molecule has 1 aromatic carbocycles. The number of halogens is 1. The minimum atomic E-state index is -0.624. The Balaban J connectivity index is 3.20. The van der Waals surface area contributed by atoms with E-state index >= 15 is 0 Å². The first-order valence-corrected chi connectivity index (χ1v) is 4.78. The second-order valence-electron chi connectivity index (χ2n) is 2.90. The van der Waals surface area contributed by atoms with E-state index in [0.717, 1.165) is 6.08 Å². The summed E-state index contributed by atoms with van der Waals surface area (Å²) < 4.78 is 9.97. The number of aromatic hydroxyl groups is 1. The van der Waals surface area contributed by atoms with Crippen LogP contribution in [0.5, 0.6) is 17.2 Å². The summed E-state index contributed by atoms with van der Waals surface area (Å²) in [6, 6.07) is 3.10. The average molecular weight is 243 g/mol. The van der Waals surface area contributed by atoms with Gasteiger partial charge in [0.2, 0.25) is 5.24 Å². The molecule has 1 rings (SSSR count). The smallest absolute Gasteiger partial charge is 0.245 e. The van der Waals surface area contributed by atoms with E-state index in [2.05, 4.69) is 0 Å². The van der Waals surface area contributed by atoms with Gasteiger partial charge in [-0.1, -0.05) is 0 Å². The molecule has 0 saturated carbocycles. The molecule has 0 heterocycles. The number of phenols is 1. The van der Waals surface area contributed by atoms with Crippen molar-refractivity contribution in [1.82, 2.24) is 0 Å². The van der Waals surface area contributed by atoms with Gasteiger partial charge in [-0.05, 0) is 29.8 Å². The van der Waals surface area contributed by atoms with Crippen molar-refractivity contribution in [3.05, 3.63) is 23.8 Å². The van der Waals surface area contributed by atoms with Crippen LogP contribution in [-0.2, 0) is 4.79 Å². The summed E-state index contributed by atoms with van der Waals surface area (Å²) in [5, 5.41) is 9.11. The van der Waals surface area contributed by atoms with Gasteiger partial charge in [-0.3, -0.25) is 4.79 Å². The molecule has 0 aliphatic carbocycles. The van der Waals surface area contributed by atoms with E-state index in [4.69, 9.17) is 21.1 Å². The number of benzene rings is 1. The Morgan fingerprint density at radius 1 is 1.38 bits per heavy atom. The van der Waals surface area contributed by atoms with Crippen LogP contribution in [0.2, 0.25) is 0 Å². The van der Waals surface area contributed by atoms with E-state index in [9.17, 15) is 9.90 Å². The van der Waals surface area contributed by atoms with Gasteiger partial charge in [-0.25, -0.2) is 0 Å². The molecule has 0 aliphatic heterocycles. The van der Waals surface area contributed by atoms with Gasteiger partial charge in [0, 0.05) is 11.6 Å². The van der Waals surface area contributed by atoms with Crippen molar-refractivity contribution in [3.63, 3.8) is 0 Å². The molecule has 0 amide bonds. The van der Waals surface area contributed by atoms with Gasteiger partial charge in [0.25, 0.3) is 0 Å². The zero-order chi connectivity index (χ0) is 12.1. The van der Waals surface area contributed by atoms with Crippen LogP contribution in [0.25, 0.3) is 6.08 Å². The Morgan fingerprint density at radius 2 is 2.06 bits per heavy atom. The molecule has 0 aromatic heterocycles. The largest absolute Gasteiger partial charge is 0.504 e. The summed E-state index contributed by atoms with van der Waals surface area (Å²) in [7, 11) is 2.92. The highest BCUT2D eigenvalue weighted by molar-refractivity contribution is 6.66. The maximum Gasteiger partial charge on any atom is 0.245 e. The number of hydrogen-bond acceptors (Lipinski definition) is 4. The topological polar surface area (TPSA) is 55.8 Å². The number of carbonyl (C=O) groups is 1. The van der Waals surface area contributed by atoms with Crippen molar-refractivity contribution >= 4 is 22.9 Å². The van der Waals surface area contributed by atoms with Gasteiger partial charge in [0.05, 0.1) is 14.2 Å². The average Bonchev–Trinajstić information content (AvgIpc) is 2.27. The quantitative estimate of drug-likeness (QED) is 0.650. The summed E-state index contributed by atoms with van der Waals surface area (Å²) in [4.78, 5) is 10.6. The van der Waals surface area contributed by atoms with Gasteiger partial charge >= 0.3 is 0 Å². The Hall–Kier alpha value is -1.68. The van der Waals surface area contributed by atoms with Crippen LogP contribution in [-0.4, -0.2) is 24.6 Å². The Bertz CT molecular complexity index is 426. The van der Waals surface area contributed by atoms with Crippen molar-refractivity contribution < 1.29 is 19.4 Å². The Labute approximate surface area is 98.1 Å². The molecule has 4 nitrogen and oxygen atoms in total. The molecule has 5 heteroatoms. The number of phenolic OH excluding ortho intramolecular Hbond substituents is 1. The van der Waals surface area contributed by atoms with Crippen LogP contribution in [0, 0.1) is 0 Å². The monoisotopic (exact) mass is 242 g/mol. The minimum Gasteiger partial charge on any atom is -0.504 e. The molecule has 0 saturated heterocycles. The highest BCUT2D eigenvalue weighted by Gasteiger charge is 2.09. The summed E-state index contributed by atoms with van der Waals surface area (Å²) in [6.07, 6.45) is 2.52. The van der Waals surface area contributed by atoms with Crippen molar-refractivity contribution in [2.45, 2.75) is 0 Å². The first-order chi connectivity index (χ1) is 7.58. The number of rotatable bonds is 4. The standard InChI is InChI=1S/C11H11ClO4/c1-15-8-5-7(3-4-10(12)13)11(14)9(6-8)16-2/h3-6,14H,1-2H3/b4-3+. The zero-order valence-electron chi connectivity index (χ0n) is 8.86. The molecule has 86 valence electrons. The molecule has 1 aromatic rings. The second-order valence-corrected chi connectivity index (χ2v) is 3.28. The highest BCUT2D eigenvalue weighted by atomic mass is 35.5. The lowest BCUT2D eigenvalue weighted by atomic mass is 10.1. The van der Waals surface area contributed by atoms with Gasteiger partial charge in [0.15, 0.2) is 11.5 Å². The third-order valence-corrected chi connectivity index (χ3v) is 2.05. The van der Waals surface area contributed by atoms with Crippen LogP contribution in [0.15, 0.2) is 18.2 Å². The van der Waals surface area contributed by atoms with Gasteiger partial charge in [0.1, 0.15) is 5.75 Å². The van der Waals surface area contributed by atoms with Gasteiger partial charge in [-0.2, -0.15) is 0 Å². The highest BCUT2D eigenvalue weighted by Crippen LogP contribution is 2.35. The Kier molecular flexibility index (Phi) is 4.19. The second kappa shape index (κ2) is 5.42. The van der Waals surface area contributed by atoms with Crippen LogP contribution >= 0.6 is 11.6 Å². The maximum atomic E-state index is 10.6. The van der Waals surface area contributed by atoms with Crippen LogP contribution in [0.3, 0.4) is 0 Å². The fraction of sp³-hybridized carbons (Fsp3) is 0.182. The SMILES string of the molecule is COc1cc(/C=C/C(=O)Cl)c(O)c(OC)c1. The zero-order valence-corrected chi connectivity index (χ0v) is 9.62. The number of ether oxygens (including phenoxy) is 2. The number of methoxy groups -OCH3 is 2. The summed E-state index contributed by atoms with van der Waals surface area (Å²) >= 11 is 5.16. The molecule has 0 bridgehead atoms. The molecule has 0 fully saturated rings. The summed E-state index contributed by atoms with van der Waals surface area (Å²) in [5.41, 5.74) is 0.394. The third-order valence-electron chi connectivity index (χ3n) is 1.93. The van der Waals surface area contributed by atoms with E-state index in [1.165, 1.54) is 26.4 Å². The molecule has 1 N–H and O–H groups in total. The number of allylic oxidation sites excluding steroid dienone is 1. The lowest BCUT2D eigenvalue weighted by Gasteiger charge is -2.08. The van der Waals surface area contributed by atoms with Gasteiger partial charge < -0.3 is 14.6 Å². The van der Waals surface area contributed by atoms with E-state index in [0.29, 0.717) is 11.3 Å². The number of hydrogen-bond donors (Lipinski definition) is 1. The van der Waals surface area contributed by atoms with Crippen molar-refractivity contribution in [3.8, 4) is 17.2 Å². The van der Waals surface area contributed by atoms with Crippen LogP contribution < -0.4 is 9.47 Å². The van der Waals surface area contributed by atoms with Crippen LogP contribution in [0.4, 0.5) is 0 Å². The first kappa shape index (κ1) is 12.4. The Morgan fingerprint density at radius 3 is 2.56 bits per heavy atom. The van der Waals surface area contributed by atoms with Gasteiger partial charge in [-0.15, -0.1) is 0 Å². The first-order valence-electron chi connectivity index (χ1n) is 4.41. The lowest BCUT2D eigenvalue weighted by Crippen LogP contribution is -1.90. The normalized spacial score (nSPS) is 10.4. The van der Waals surface area contributed by atoms with Crippen molar-refractivity contribution in [2.75, 3.05) is 14.2 Å². The molecule has 0 radical (unpaired) electrons. The van der Waals surface area contributed by atoms with Crippen molar-refractivity contribution in [1.29, 1.82) is 0 Å². The van der Waals surface area contributed by atoms with Crippen LogP contribution in [0.1, 0.15) is 5.56 Å². The molecule has 0 spiro atoms. The lowest BCUT2D eigenvalue weighted by molar-refractivity contribution is -0.107. The van der Waals surface area contributed by atoms with E-state index in [1.54, 1.807) is 6.07 Å². The predicted molar refractivity (Wildman–Crippen MR) is 61.1 cm³/mol. The fourth-order valence-electron chi connectivity index (χ4n) is 1.16. The summed E-state index contributed by atoms with van der Waals surface area (Å²) in [6.45, 7) is 0. The molecule has 0 aliphatic rings. The van der Waals surface area contributed by atoms with Crippen molar-refractivity contribution in [2.24, 2.45) is 0 Å². The number of carbonyl (C=O) groups excluding carboxylic acids is 1.